The Balaban J connectivity index is 2.21. The van der Waals surface area contributed by atoms with Gasteiger partial charge in [0.15, 0.2) is 0 Å². The summed E-state index contributed by atoms with van der Waals surface area (Å²) in [5.41, 5.74) is -0.924. The van der Waals surface area contributed by atoms with E-state index in [4.69, 9.17) is 14.5 Å². The van der Waals surface area contributed by atoms with Crippen LogP contribution in [0, 0.1) is 6.92 Å². The van der Waals surface area contributed by atoms with Crippen LogP contribution in [-0.2, 0) is 13.8 Å². The predicted octanol–water partition coefficient (Wildman–Crippen LogP) is -1.01. The first-order chi connectivity index (χ1) is 10.1. The molecule has 0 saturated carbocycles. The second-order valence-corrected chi connectivity index (χ2v) is 6.33. The Morgan fingerprint density at radius 2 is 2.14 bits per heavy atom. The van der Waals surface area contributed by atoms with Crippen LogP contribution in [0.1, 0.15) is 25.1 Å². The van der Waals surface area contributed by atoms with Crippen LogP contribution in [0.2, 0.25) is 0 Å². The van der Waals surface area contributed by atoms with E-state index in [0.717, 1.165) is 4.57 Å². The second kappa shape index (κ2) is 6.07. The Kier molecular flexibility index (Phi) is 4.71. The normalized spacial score (nSPS) is 27.0. The molecule has 0 unspecified atom stereocenters. The number of aromatic amines is 1. The minimum Gasteiger partial charge on any atom is -0.390 e. The fourth-order valence-electron chi connectivity index (χ4n) is 2.35. The van der Waals surface area contributed by atoms with Crippen LogP contribution in [0.4, 0.5) is 0 Å². The van der Waals surface area contributed by atoms with Crippen molar-refractivity contribution in [1.82, 2.24) is 9.55 Å². The van der Waals surface area contributed by atoms with E-state index in [0.29, 0.717) is 5.56 Å². The Labute approximate surface area is 124 Å². The third kappa shape index (κ3) is 3.72. The van der Waals surface area contributed by atoms with Gasteiger partial charge in [-0.15, -0.1) is 0 Å². The summed E-state index contributed by atoms with van der Waals surface area (Å²) in [7, 11) is -4.72. The van der Waals surface area contributed by atoms with Crippen molar-refractivity contribution in [2.75, 3.05) is 0 Å². The van der Waals surface area contributed by atoms with Gasteiger partial charge in [0.1, 0.15) is 12.3 Å². The molecular weight excluding hydrogens is 319 g/mol. The number of aliphatic hydroxyl groups is 1. The number of hydrogen-bond acceptors (Lipinski definition) is 6. The van der Waals surface area contributed by atoms with Gasteiger partial charge in [-0.25, -0.2) is 9.36 Å². The van der Waals surface area contributed by atoms with Gasteiger partial charge in [0.05, 0.1) is 12.2 Å². The molecule has 1 fully saturated rings. The fourth-order valence-corrected chi connectivity index (χ4v) is 2.90. The van der Waals surface area contributed by atoms with Gasteiger partial charge >= 0.3 is 13.5 Å². The van der Waals surface area contributed by atoms with Gasteiger partial charge in [-0.1, -0.05) is 0 Å². The number of aromatic nitrogens is 2. The van der Waals surface area contributed by atoms with Crippen LogP contribution in [0.5, 0.6) is 0 Å². The number of aryl methyl sites for hydroxylation is 1. The van der Waals surface area contributed by atoms with E-state index >= 15 is 0 Å². The summed E-state index contributed by atoms with van der Waals surface area (Å²) < 4.78 is 21.9. The zero-order valence-corrected chi connectivity index (χ0v) is 12.8. The van der Waals surface area contributed by atoms with Crippen molar-refractivity contribution in [3.63, 3.8) is 0 Å². The number of phosphoric ester groups is 1. The zero-order valence-electron chi connectivity index (χ0n) is 11.9. The van der Waals surface area contributed by atoms with E-state index < -0.39 is 43.6 Å². The lowest BCUT2D eigenvalue weighted by Crippen LogP contribution is -2.35. The summed E-state index contributed by atoms with van der Waals surface area (Å²) in [5.74, 6) is 0. The summed E-state index contributed by atoms with van der Waals surface area (Å²) in [6, 6.07) is 0. The van der Waals surface area contributed by atoms with E-state index in [1.54, 1.807) is 0 Å². The first-order valence-corrected chi connectivity index (χ1v) is 8.01. The molecule has 0 bridgehead atoms. The molecule has 10 nitrogen and oxygen atoms in total. The molecule has 124 valence electrons. The van der Waals surface area contributed by atoms with E-state index in [1.807, 2.05) is 0 Å². The average Bonchev–Trinajstić information content (AvgIpc) is 2.73. The van der Waals surface area contributed by atoms with Crippen molar-refractivity contribution in [1.29, 1.82) is 0 Å². The van der Waals surface area contributed by atoms with Crippen LogP contribution in [0.3, 0.4) is 0 Å². The van der Waals surface area contributed by atoms with Crippen molar-refractivity contribution in [2.24, 2.45) is 0 Å². The van der Waals surface area contributed by atoms with Crippen molar-refractivity contribution in [3.8, 4) is 0 Å². The van der Waals surface area contributed by atoms with Crippen LogP contribution in [-0.4, -0.2) is 42.8 Å². The number of aliphatic hydroxyl groups excluding tert-OH is 1. The van der Waals surface area contributed by atoms with Crippen LogP contribution in [0.25, 0.3) is 0 Å². The average molecular weight is 336 g/mol. The lowest BCUT2D eigenvalue weighted by molar-refractivity contribution is -0.0749. The summed E-state index contributed by atoms with van der Waals surface area (Å²) in [6.07, 6.45) is -2.73. The molecular formula is C11H17N2O8P. The quantitative estimate of drug-likeness (QED) is 0.511. The highest BCUT2D eigenvalue weighted by Crippen LogP contribution is 2.41. The lowest BCUT2D eigenvalue weighted by atomic mass is 10.1. The predicted molar refractivity (Wildman–Crippen MR) is 73.2 cm³/mol. The Hall–Kier alpha value is -1.29. The molecule has 1 aromatic rings. The molecule has 4 N–H and O–H groups in total. The van der Waals surface area contributed by atoms with Gasteiger partial charge in [-0.3, -0.25) is 18.9 Å². The maximum Gasteiger partial charge on any atom is 0.469 e. The Morgan fingerprint density at radius 3 is 2.73 bits per heavy atom. The number of nitrogens with zero attached hydrogens (tertiary/aromatic N) is 1. The number of phosphoric acid groups is 1. The zero-order chi connectivity index (χ0) is 16.7. The minimum atomic E-state index is -4.72. The standard InChI is InChI=1S/C11H17N2O8P/c1-5-4-13(11(16)12-10(5)15)8-3-7(14)9(20-8)6(2)21-22(17,18)19/h4,6-9,14H,3H2,1-2H3,(H,12,15,16)(H2,17,18,19)/t6-,7+,8+,9+/m0/s1. The summed E-state index contributed by atoms with van der Waals surface area (Å²) in [6.45, 7) is 2.85. The van der Waals surface area contributed by atoms with Crippen LogP contribution < -0.4 is 11.2 Å². The number of ether oxygens (including phenoxy) is 1. The minimum absolute atomic E-state index is 0.0188. The Morgan fingerprint density at radius 1 is 1.50 bits per heavy atom. The summed E-state index contributed by atoms with van der Waals surface area (Å²) in [5, 5.41) is 9.96. The molecule has 1 aliphatic rings. The van der Waals surface area contributed by atoms with Crippen molar-refractivity contribution in [3.05, 3.63) is 32.6 Å². The molecule has 0 aromatic carbocycles. The molecule has 2 heterocycles. The lowest BCUT2D eigenvalue weighted by Gasteiger charge is -2.22. The number of nitrogens with one attached hydrogen (secondary N) is 1. The first-order valence-electron chi connectivity index (χ1n) is 6.48. The molecule has 0 amide bonds. The van der Waals surface area contributed by atoms with E-state index in [-0.39, 0.29) is 6.42 Å². The van der Waals surface area contributed by atoms with Crippen molar-refractivity contribution >= 4 is 7.82 Å². The maximum atomic E-state index is 11.8. The van der Waals surface area contributed by atoms with Gasteiger partial charge in [0.2, 0.25) is 0 Å². The third-order valence-electron chi connectivity index (χ3n) is 3.36. The maximum absolute atomic E-state index is 11.8. The molecule has 4 atom stereocenters. The summed E-state index contributed by atoms with van der Waals surface area (Å²) >= 11 is 0. The number of hydrogen-bond donors (Lipinski definition) is 4. The highest BCUT2D eigenvalue weighted by Gasteiger charge is 2.41. The van der Waals surface area contributed by atoms with Crippen molar-refractivity contribution in [2.45, 2.75) is 44.8 Å². The van der Waals surface area contributed by atoms with E-state index in [9.17, 15) is 19.3 Å². The monoisotopic (exact) mass is 336 g/mol. The second-order valence-electron chi connectivity index (χ2n) is 5.14. The highest BCUT2D eigenvalue weighted by atomic mass is 31.2. The molecule has 2 rings (SSSR count). The van der Waals surface area contributed by atoms with Gasteiger partial charge in [-0.2, -0.15) is 0 Å². The topological polar surface area (TPSA) is 151 Å². The van der Waals surface area contributed by atoms with Gasteiger partial charge in [0, 0.05) is 18.2 Å². The molecule has 0 aliphatic carbocycles. The van der Waals surface area contributed by atoms with Gasteiger partial charge < -0.3 is 19.6 Å². The van der Waals surface area contributed by atoms with Crippen LogP contribution >= 0.6 is 7.82 Å². The highest BCUT2D eigenvalue weighted by molar-refractivity contribution is 7.46. The molecule has 0 spiro atoms. The molecule has 1 aliphatic heterocycles. The third-order valence-corrected chi connectivity index (χ3v) is 3.97. The molecule has 0 radical (unpaired) electrons. The smallest absolute Gasteiger partial charge is 0.390 e. The van der Waals surface area contributed by atoms with Crippen LogP contribution in [0.15, 0.2) is 15.8 Å². The molecule has 11 heteroatoms. The fraction of sp³-hybridized carbons (Fsp3) is 0.636. The molecule has 22 heavy (non-hydrogen) atoms. The SMILES string of the molecule is Cc1cn([C@H]2C[C@@H](O)[C@@H]([C@H](C)OP(=O)(O)O)O2)c(=O)[nH]c1=O. The largest absolute Gasteiger partial charge is 0.469 e. The molecule has 1 saturated heterocycles. The van der Waals surface area contributed by atoms with E-state index in [2.05, 4.69) is 9.51 Å². The first kappa shape index (κ1) is 17.1. The van der Waals surface area contributed by atoms with E-state index in [1.165, 1.54) is 20.0 Å². The Bertz CT molecular complexity index is 707. The molecule has 1 aromatic heterocycles. The number of H-pyrrole nitrogens is 1. The van der Waals surface area contributed by atoms with Gasteiger partial charge in [0.25, 0.3) is 5.56 Å². The number of rotatable bonds is 4. The van der Waals surface area contributed by atoms with Gasteiger partial charge in [-0.05, 0) is 13.8 Å². The van der Waals surface area contributed by atoms with Crippen molar-refractivity contribution < 1.29 is 28.7 Å². The summed E-state index contributed by atoms with van der Waals surface area (Å²) in [4.78, 5) is 42.8.